The summed E-state index contributed by atoms with van der Waals surface area (Å²) in [5.41, 5.74) is 5.01. The van der Waals surface area contributed by atoms with Gasteiger partial charge >= 0.3 is 5.97 Å². The van der Waals surface area contributed by atoms with E-state index in [1.807, 2.05) is 19.1 Å². The first-order valence-electron chi connectivity index (χ1n) is 11.4. The molecule has 0 atom stereocenters. The monoisotopic (exact) mass is 545 g/mol. The summed E-state index contributed by atoms with van der Waals surface area (Å²) < 4.78 is 5.53. The summed E-state index contributed by atoms with van der Waals surface area (Å²) in [7, 11) is 0. The maximum absolute atomic E-state index is 12.9. The van der Waals surface area contributed by atoms with Gasteiger partial charge < -0.3 is 10.1 Å². The molecule has 190 valence electrons. The number of nitrogens with zero attached hydrogens (tertiary/aromatic N) is 1. The average molecular weight is 546 g/mol. The summed E-state index contributed by atoms with van der Waals surface area (Å²) in [5, 5.41) is 7.28. The predicted molar refractivity (Wildman–Crippen MR) is 148 cm³/mol. The third-order valence-electron chi connectivity index (χ3n) is 5.37. The van der Waals surface area contributed by atoms with Crippen molar-refractivity contribution in [3.8, 4) is 5.75 Å². The molecular formula is C29H21Cl2N3O4. The molecule has 4 aromatic carbocycles. The highest BCUT2D eigenvalue weighted by atomic mass is 35.5. The third-order valence-corrected chi connectivity index (χ3v) is 5.92. The smallest absolute Gasteiger partial charge is 0.343 e. The lowest BCUT2D eigenvalue weighted by Gasteiger charge is -2.11. The Morgan fingerprint density at radius 1 is 0.816 bits per heavy atom. The molecule has 0 saturated heterocycles. The van der Waals surface area contributed by atoms with Crippen molar-refractivity contribution < 1.29 is 19.1 Å². The number of esters is 1. The van der Waals surface area contributed by atoms with Crippen LogP contribution in [0, 0.1) is 6.92 Å². The highest BCUT2D eigenvalue weighted by Gasteiger charge is 2.16. The number of para-hydroxylation sites is 2. The van der Waals surface area contributed by atoms with Crippen LogP contribution in [0.3, 0.4) is 0 Å². The van der Waals surface area contributed by atoms with E-state index in [9.17, 15) is 14.4 Å². The quantitative estimate of drug-likeness (QED) is 0.119. The van der Waals surface area contributed by atoms with E-state index in [0.717, 1.165) is 5.56 Å². The van der Waals surface area contributed by atoms with E-state index in [-0.39, 0.29) is 27.6 Å². The van der Waals surface area contributed by atoms with Crippen LogP contribution in [0.5, 0.6) is 5.75 Å². The zero-order valence-electron chi connectivity index (χ0n) is 20.1. The Labute approximate surface area is 229 Å². The molecule has 0 aliphatic carbocycles. The van der Waals surface area contributed by atoms with E-state index in [4.69, 9.17) is 27.9 Å². The van der Waals surface area contributed by atoms with Crippen molar-refractivity contribution in [3.63, 3.8) is 0 Å². The largest absolute Gasteiger partial charge is 0.422 e. The number of nitrogens with one attached hydrogen (secondary N) is 2. The molecule has 0 fully saturated rings. The summed E-state index contributed by atoms with van der Waals surface area (Å²) in [5.74, 6) is -1.29. The lowest BCUT2D eigenvalue weighted by molar-refractivity contribution is 0.0734. The Bertz CT molecular complexity index is 1540. The van der Waals surface area contributed by atoms with Crippen LogP contribution in [-0.2, 0) is 0 Å². The van der Waals surface area contributed by atoms with Gasteiger partial charge in [-0.2, -0.15) is 5.10 Å². The minimum atomic E-state index is -0.562. The molecule has 0 aliphatic rings. The molecule has 0 saturated carbocycles. The maximum atomic E-state index is 12.9. The normalized spacial score (nSPS) is 10.7. The van der Waals surface area contributed by atoms with Crippen molar-refractivity contribution in [1.82, 2.24) is 5.43 Å². The molecule has 9 heteroatoms. The topological polar surface area (TPSA) is 96.9 Å². The number of hydrazone groups is 1. The Hall–Kier alpha value is -4.46. The van der Waals surface area contributed by atoms with Crippen molar-refractivity contribution >= 4 is 52.9 Å². The van der Waals surface area contributed by atoms with Crippen LogP contribution in [0.1, 0.15) is 42.2 Å². The number of ether oxygens (including phenoxy) is 1. The Morgan fingerprint density at radius 3 is 2.29 bits per heavy atom. The first-order chi connectivity index (χ1) is 18.3. The average Bonchev–Trinajstić information content (AvgIpc) is 2.90. The predicted octanol–water partition coefficient (Wildman–Crippen LogP) is 6.54. The number of carbonyl (C=O) groups is 3. The first-order valence-corrected chi connectivity index (χ1v) is 12.1. The Balaban J connectivity index is 1.45. The zero-order valence-corrected chi connectivity index (χ0v) is 21.6. The number of benzene rings is 4. The van der Waals surface area contributed by atoms with Gasteiger partial charge in [-0.1, -0.05) is 65.2 Å². The molecule has 0 radical (unpaired) electrons. The van der Waals surface area contributed by atoms with Gasteiger partial charge in [-0.15, -0.1) is 0 Å². The molecule has 38 heavy (non-hydrogen) atoms. The second-order valence-electron chi connectivity index (χ2n) is 8.12. The van der Waals surface area contributed by atoms with E-state index in [1.165, 1.54) is 18.3 Å². The Kier molecular flexibility index (Phi) is 8.53. The number of rotatable bonds is 7. The van der Waals surface area contributed by atoms with E-state index in [0.29, 0.717) is 16.1 Å². The van der Waals surface area contributed by atoms with Crippen LogP contribution in [-0.4, -0.2) is 24.0 Å². The molecule has 4 rings (SSSR count). The number of halogens is 2. The first kappa shape index (κ1) is 26.6. The fraction of sp³-hybridized carbons (Fsp3) is 0.0345. The molecule has 0 bridgehead atoms. The highest BCUT2D eigenvalue weighted by Crippen LogP contribution is 2.23. The summed E-state index contributed by atoms with van der Waals surface area (Å²) in [6.07, 6.45) is 1.37. The molecule has 0 unspecified atom stereocenters. The zero-order chi connectivity index (χ0) is 27.1. The second kappa shape index (κ2) is 12.2. The standard InChI is InChI=1S/C29H21Cl2N3O4/c1-18-10-12-19(13-11-18)29(37)38-26-9-5-2-6-20(26)17-32-34-28(36)23-7-3-4-8-25(23)33-27(35)22-15-14-21(30)16-24(22)31/h2-17H,1H3,(H,33,35)(H,34,36)/b32-17-. The van der Waals surface area contributed by atoms with Crippen molar-refractivity contribution in [3.05, 3.63) is 129 Å². The van der Waals surface area contributed by atoms with Crippen LogP contribution < -0.4 is 15.5 Å². The number of carbonyl (C=O) groups excluding carboxylic acids is 3. The molecular weight excluding hydrogens is 525 g/mol. The summed E-state index contributed by atoms with van der Waals surface area (Å²) in [4.78, 5) is 38.1. The number of aryl methyl sites for hydroxylation is 1. The lowest BCUT2D eigenvalue weighted by atomic mass is 10.1. The summed E-state index contributed by atoms with van der Waals surface area (Å²) in [6.45, 7) is 1.93. The molecule has 0 aliphatic heterocycles. The van der Waals surface area contributed by atoms with Gasteiger partial charge in [0.25, 0.3) is 11.8 Å². The highest BCUT2D eigenvalue weighted by molar-refractivity contribution is 6.37. The third kappa shape index (κ3) is 6.64. The van der Waals surface area contributed by atoms with Gasteiger partial charge in [0, 0.05) is 10.6 Å². The van der Waals surface area contributed by atoms with Crippen LogP contribution in [0.4, 0.5) is 5.69 Å². The minimum absolute atomic E-state index is 0.183. The number of anilines is 1. The SMILES string of the molecule is Cc1ccc(C(=O)Oc2ccccc2/C=N\NC(=O)c2ccccc2NC(=O)c2ccc(Cl)cc2Cl)cc1. The fourth-order valence-corrected chi connectivity index (χ4v) is 3.90. The molecule has 7 nitrogen and oxygen atoms in total. The summed E-state index contributed by atoms with van der Waals surface area (Å²) in [6, 6.07) is 24.8. The molecule has 4 aromatic rings. The Morgan fingerprint density at radius 2 is 1.53 bits per heavy atom. The second-order valence-corrected chi connectivity index (χ2v) is 8.96. The van der Waals surface area contributed by atoms with Crippen LogP contribution in [0.2, 0.25) is 10.0 Å². The van der Waals surface area contributed by atoms with Crippen LogP contribution in [0.15, 0.2) is 96.1 Å². The molecule has 0 spiro atoms. The van der Waals surface area contributed by atoms with E-state index >= 15 is 0 Å². The van der Waals surface area contributed by atoms with Gasteiger partial charge in [0.05, 0.1) is 33.6 Å². The van der Waals surface area contributed by atoms with Crippen molar-refractivity contribution in [2.75, 3.05) is 5.32 Å². The molecule has 2 N–H and O–H groups in total. The summed E-state index contributed by atoms with van der Waals surface area (Å²) >= 11 is 12.0. The van der Waals surface area contributed by atoms with Gasteiger partial charge in [-0.05, 0) is 61.5 Å². The molecule has 2 amide bonds. The van der Waals surface area contributed by atoms with Gasteiger partial charge in [0.15, 0.2) is 0 Å². The van der Waals surface area contributed by atoms with E-state index in [2.05, 4.69) is 15.8 Å². The van der Waals surface area contributed by atoms with Crippen LogP contribution in [0.25, 0.3) is 0 Å². The fourth-order valence-electron chi connectivity index (χ4n) is 3.40. The van der Waals surface area contributed by atoms with Gasteiger partial charge in [-0.3, -0.25) is 9.59 Å². The van der Waals surface area contributed by atoms with Gasteiger partial charge in [0.2, 0.25) is 0 Å². The molecule has 0 aromatic heterocycles. The van der Waals surface area contributed by atoms with E-state index < -0.39 is 17.8 Å². The molecule has 0 heterocycles. The number of hydrogen-bond donors (Lipinski definition) is 2. The van der Waals surface area contributed by atoms with Crippen LogP contribution >= 0.6 is 23.2 Å². The van der Waals surface area contributed by atoms with E-state index in [1.54, 1.807) is 66.7 Å². The van der Waals surface area contributed by atoms with Gasteiger partial charge in [-0.25, -0.2) is 10.2 Å². The van der Waals surface area contributed by atoms with Gasteiger partial charge in [0.1, 0.15) is 5.75 Å². The lowest BCUT2D eigenvalue weighted by Crippen LogP contribution is -2.21. The number of hydrogen-bond acceptors (Lipinski definition) is 5. The van der Waals surface area contributed by atoms with Crippen molar-refractivity contribution in [1.29, 1.82) is 0 Å². The minimum Gasteiger partial charge on any atom is -0.422 e. The van der Waals surface area contributed by atoms with Crippen molar-refractivity contribution in [2.45, 2.75) is 6.92 Å². The van der Waals surface area contributed by atoms with Crippen molar-refractivity contribution in [2.24, 2.45) is 5.10 Å². The number of amides is 2. The maximum Gasteiger partial charge on any atom is 0.343 e.